The predicted molar refractivity (Wildman–Crippen MR) is 118 cm³/mol. The molecule has 1 amide bonds. The van der Waals surface area contributed by atoms with E-state index >= 15 is 0 Å². The molecule has 0 bridgehead atoms. The minimum absolute atomic E-state index is 0.0131. The summed E-state index contributed by atoms with van der Waals surface area (Å²) in [6.07, 6.45) is 0.261. The SMILES string of the molecule is O=C(NCCC(O)C(O)c1cncc(Cl)c1)OCC1c2ccccc2-c2ccccc21. The number of amides is 1. The number of alkyl carbamates (subject to hydrolysis) is 1. The topological polar surface area (TPSA) is 91.7 Å². The molecule has 6 nitrogen and oxygen atoms in total. The molecule has 2 aromatic carbocycles. The average molecular weight is 439 g/mol. The number of carbonyl (C=O) groups excluding carboxylic acids is 1. The second kappa shape index (κ2) is 9.47. The van der Waals surface area contributed by atoms with Gasteiger partial charge in [-0.3, -0.25) is 4.98 Å². The van der Waals surface area contributed by atoms with Crippen LogP contribution >= 0.6 is 11.6 Å². The molecule has 1 aliphatic carbocycles. The number of aliphatic hydroxyl groups is 2. The number of hydrogen-bond donors (Lipinski definition) is 3. The molecule has 7 heteroatoms. The summed E-state index contributed by atoms with van der Waals surface area (Å²) in [5.41, 5.74) is 5.04. The Labute approximate surface area is 185 Å². The van der Waals surface area contributed by atoms with Crippen molar-refractivity contribution in [3.8, 4) is 11.1 Å². The average Bonchev–Trinajstić information content (AvgIpc) is 3.11. The number of fused-ring (bicyclic) bond motifs is 3. The summed E-state index contributed by atoms with van der Waals surface area (Å²) in [6, 6.07) is 17.8. The fourth-order valence-corrected chi connectivity index (χ4v) is 4.12. The Balaban J connectivity index is 1.28. The van der Waals surface area contributed by atoms with Gasteiger partial charge in [0, 0.05) is 30.4 Å². The first-order chi connectivity index (χ1) is 15.0. The lowest BCUT2D eigenvalue weighted by atomic mass is 9.98. The number of hydrogen-bond acceptors (Lipinski definition) is 5. The fraction of sp³-hybridized carbons (Fsp3) is 0.250. The van der Waals surface area contributed by atoms with E-state index in [4.69, 9.17) is 16.3 Å². The van der Waals surface area contributed by atoms with E-state index < -0.39 is 18.3 Å². The third-order valence-corrected chi connectivity index (χ3v) is 5.69. The molecule has 3 aromatic rings. The number of nitrogens with one attached hydrogen (secondary N) is 1. The Morgan fingerprint density at radius 2 is 1.71 bits per heavy atom. The van der Waals surface area contributed by atoms with E-state index in [0.717, 1.165) is 11.1 Å². The number of aromatic nitrogens is 1. The monoisotopic (exact) mass is 438 g/mol. The Hall–Kier alpha value is -2.93. The van der Waals surface area contributed by atoms with Gasteiger partial charge in [-0.1, -0.05) is 60.1 Å². The maximum absolute atomic E-state index is 12.2. The molecule has 0 saturated heterocycles. The molecular formula is C24H23ClN2O4. The van der Waals surface area contributed by atoms with Gasteiger partial charge >= 0.3 is 6.09 Å². The van der Waals surface area contributed by atoms with E-state index in [1.807, 2.05) is 24.3 Å². The Morgan fingerprint density at radius 1 is 1.06 bits per heavy atom. The molecule has 160 valence electrons. The van der Waals surface area contributed by atoms with Crippen molar-refractivity contribution in [2.75, 3.05) is 13.2 Å². The lowest BCUT2D eigenvalue weighted by Crippen LogP contribution is -2.30. The van der Waals surface area contributed by atoms with Crippen LogP contribution in [0.3, 0.4) is 0 Å². The van der Waals surface area contributed by atoms with Gasteiger partial charge < -0.3 is 20.3 Å². The van der Waals surface area contributed by atoms with Crippen LogP contribution in [0, 0.1) is 0 Å². The smallest absolute Gasteiger partial charge is 0.407 e. The minimum Gasteiger partial charge on any atom is -0.449 e. The molecule has 0 saturated carbocycles. The zero-order valence-corrected chi connectivity index (χ0v) is 17.5. The molecule has 3 N–H and O–H groups in total. The molecule has 0 radical (unpaired) electrons. The summed E-state index contributed by atoms with van der Waals surface area (Å²) >= 11 is 5.86. The maximum Gasteiger partial charge on any atom is 0.407 e. The number of aliphatic hydroxyl groups excluding tert-OH is 2. The van der Waals surface area contributed by atoms with Crippen molar-refractivity contribution >= 4 is 17.7 Å². The lowest BCUT2D eigenvalue weighted by Gasteiger charge is -2.18. The molecule has 0 fully saturated rings. The lowest BCUT2D eigenvalue weighted by molar-refractivity contribution is 0.0135. The van der Waals surface area contributed by atoms with Gasteiger partial charge in [0.25, 0.3) is 0 Å². The van der Waals surface area contributed by atoms with Gasteiger partial charge in [0.05, 0.1) is 11.1 Å². The van der Waals surface area contributed by atoms with Crippen LogP contribution < -0.4 is 5.32 Å². The van der Waals surface area contributed by atoms with Crippen molar-refractivity contribution in [3.63, 3.8) is 0 Å². The van der Waals surface area contributed by atoms with Gasteiger partial charge in [-0.05, 0) is 34.7 Å². The number of nitrogens with zero attached hydrogens (tertiary/aromatic N) is 1. The molecule has 1 aliphatic rings. The van der Waals surface area contributed by atoms with Gasteiger partial charge in [0.15, 0.2) is 0 Å². The normalized spacial score (nSPS) is 14.4. The van der Waals surface area contributed by atoms with Crippen LogP contribution in [0.4, 0.5) is 4.79 Å². The van der Waals surface area contributed by atoms with Gasteiger partial charge in [-0.15, -0.1) is 0 Å². The van der Waals surface area contributed by atoms with Crippen molar-refractivity contribution in [1.29, 1.82) is 0 Å². The van der Waals surface area contributed by atoms with E-state index in [1.165, 1.54) is 23.5 Å². The van der Waals surface area contributed by atoms with Crippen LogP contribution in [-0.2, 0) is 4.74 Å². The molecule has 31 heavy (non-hydrogen) atoms. The number of benzene rings is 2. The Kier molecular flexibility index (Phi) is 6.51. The number of pyridine rings is 1. The van der Waals surface area contributed by atoms with Crippen molar-refractivity contribution in [2.24, 2.45) is 0 Å². The standard InChI is InChI=1S/C24H23ClN2O4/c25-16-11-15(12-26-13-16)23(29)22(28)9-10-27-24(30)31-14-21-19-7-3-1-5-17(19)18-6-2-4-8-20(18)21/h1-8,11-13,21-23,28-29H,9-10,14H2,(H,27,30). The van der Waals surface area contributed by atoms with Crippen LogP contribution in [0.15, 0.2) is 67.0 Å². The maximum atomic E-state index is 12.2. The molecular weight excluding hydrogens is 416 g/mol. The molecule has 0 aliphatic heterocycles. The Morgan fingerprint density at radius 3 is 2.35 bits per heavy atom. The highest BCUT2D eigenvalue weighted by Gasteiger charge is 2.29. The quantitative estimate of drug-likeness (QED) is 0.517. The summed E-state index contributed by atoms with van der Waals surface area (Å²) in [5.74, 6) is -0.0131. The number of carbonyl (C=O) groups is 1. The molecule has 4 rings (SSSR count). The Bertz CT molecular complexity index is 1030. The third kappa shape index (κ3) is 4.71. The summed E-state index contributed by atoms with van der Waals surface area (Å²) in [7, 11) is 0. The first kappa shape index (κ1) is 21.3. The van der Waals surface area contributed by atoms with Crippen LogP contribution in [-0.4, -0.2) is 40.5 Å². The summed E-state index contributed by atoms with van der Waals surface area (Å²) in [5, 5.41) is 23.4. The van der Waals surface area contributed by atoms with E-state index in [1.54, 1.807) is 6.07 Å². The number of rotatable bonds is 7. The van der Waals surface area contributed by atoms with Crippen molar-refractivity contribution in [3.05, 3.63) is 88.7 Å². The molecule has 2 atom stereocenters. The zero-order valence-electron chi connectivity index (χ0n) is 16.7. The molecule has 0 spiro atoms. The van der Waals surface area contributed by atoms with E-state index in [2.05, 4.69) is 34.6 Å². The first-order valence-electron chi connectivity index (χ1n) is 10.1. The van der Waals surface area contributed by atoms with Crippen LogP contribution in [0.1, 0.15) is 35.1 Å². The highest BCUT2D eigenvalue weighted by atomic mass is 35.5. The van der Waals surface area contributed by atoms with Gasteiger partial charge in [-0.2, -0.15) is 0 Å². The zero-order chi connectivity index (χ0) is 21.8. The van der Waals surface area contributed by atoms with Crippen molar-refractivity contribution < 1.29 is 19.7 Å². The highest BCUT2D eigenvalue weighted by molar-refractivity contribution is 6.30. The summed E-state index contributed by atoms with van der Waals surface area (Å²) in [6.45, 7) is 0.377. The molecule has 1 heterocycles. The first-order valence-corrected chi connectivity index (χ1v) is 10.5. The minimum atomic E-state index is -1.14. The molecule has 1 aromatic heterocycles. The van der Waals surface area contributed by atoms with Crippen LogP contribution in [0.5, 0.6) is 0 Å². The second-order valence-electron chi connectivity index (χ2n) is 7.49. The summed E-state index contributed by atoms with van der Waals surface area (Å²) in [4.78, 5) is 16.1. The van der Waals surface area contributed by atoms with Crippen LogP contribution in [0.2, 0.25) is 5.02 Å². The number of halogens is 1. The largest absolute Gasteiger partial charge is 0.449 e. The fourth-order valence-electron chi connectivity index (χ4n) is 3.94. The second-order valence-corrected chi connectivity index (χ2v) is 7.93. The summed E-state index contributed by atoms with van der Waals surface area (Å²) < 4.78 is 5.46. The third-order valence-electron chi connectivity index (χ3n) is 5.49. The van der Waals surface area contributed by atoms with E-state index in [9.17, 15) is 15.0 Å². The van der Waals surface area contributed by atoms with Gasteiger partial charge in [0.1, 0.15) is 12.7 Å². The predicted octanol–water partition coefficient (Wildman–Crippen LogP) is 4.06. The van der Waals surface area contributed by atoms with Crippen LogP contribution in [0.25, 0.3) is 11.1 Å². The highest BCUT2D eigenvalue weighted by Crippen LogP contribution is 2.44. The number of ether oxygens (including phenoxy) is 1. The van der Waals surface area contributed by atoms with E-state index in [0.29, 0.717) is 10.6 Å². The van der Waals surface area contributed by atoms with Gasteiger partial charge in [0.2, 0.25) is 0 Å². The van der Waals surface area contributed by atoms with Crippen molar-refractivity contribution in [2.45, 2.75) is 24.5 Å². The molecule has 2 unspecified atom stereocenters. The van der Waals surface area contributed by atoms with Crippen molar-refractivity contribution in [1.82, 2.24) is 10.3 Å². The van der Waals surface area contributed by atoms with E-state index in [-0.39, 0.29) is 25.5 Å². The van der Waals surface area contributed by atoms with Gasteiger partial charge in [-0.25, -0.2) is 4.79 Å².